The highest BCUT2D eigenvalue weighted by Gasteiger charge is 2.33. The Balaban J connectivity index is 1.20. The normalized spacial score (nSPS) is 21.2. The number of nitrogens with one attached hydrogen (secondary N) is 6. The second-order valence-corrected chi connectivity index (χ2v) is 24.9. The summed E-state index contributed by atoms with van der Waals surface area (Å²) in [5.41, 5.74) is 1.05. The van der Waals surface area contributed by atoms with E-state index in [4.69, 9.17) is 0 Å². The molecule has 0 fully saturated rings. The van der Waals surface area contributed by atoms with Crippen LogP contribution in [0.1, 0.15) is 212 Å². The molecule has 6 aromatic rings. The van der Waals surface area contributed by atoms with Crippen LogP contribution in [0.2, 0.25) is 0 Å². The molecule has 18 nitrogen and oxygen atoms in total. The van der Waals surface area contributed by atoms with Crippen LogP contribution in [0.3, 0.4) is 0 Å². The average molecular weight is 1090 g/mol. The highest BCUT2D eigenvalue weighted by molar-refractivity contribution is 7.11. The molecule has 0 unspecified atom stereocenters. The van der Waals surface area contributed by atoms with Crippen molar-refractivity contribution in [1.29, 1.82) is 0 Å². The molecule has 0 saturated heterocycles. The van der Waals surface area contributed by atoms with Crippen LogP contribution in [0.5, 0.6) is 0 Å². The van der Waals surface area contributed by atoms with Gasteiger partial charge in [-0.3, -0.25) is 28.8 Å². The lowest BCUT2D eigenvalue weighted by atomic mass is 10.0. The summed E-state index contributed by atoms with van der Waals surface area (Å²) in [7, 11) is 0. The number of thiazole rings is 6. The Morgan fingerprint density at radius 2 is 0.403 bits per heavy atom. The van der Waals surface area contributed by atoms with E-state index < -0.39 is 71.7 Å². The molecule has 72 heavy (non-hydrogen) atoms. The van der Waals surface area contributed by atoms with Crippen molar-refractivity contribution in [3.8, 4) is 0 Å². The SMILES string of the molecule is CC(C)[C@@H]1NC(=O)c2csc(n2)[C@H](C(C)C)NC(=O)c2csc(n2)[C@H](C(C)C)NC(=O)c2csc(n2)[C@H](C(C)C)NC(=O)c2csc(n2)[C@H](C(C)C)NC(=O)c2csc(n2)[C@H](C(C)C)NC(=O)c2csc1n2. The fraction of sp³-hybridized carbons (Fsp3) is 0.500. The Morgan fingerprint density at radius 3 is 0.514 bits per heavy atom. The van der Waals surface area contributed by atoms with Gasteiger partial charge in [-0.25, -0.2) is 29.9 Å². The second kappa shape index (κ2) is 23.2. The number of aromatic nitrogens is 6. The lowest BCUT2D eigenvalue weighted by Crippen LogP contribution is -2.34. The van der Waals surface area contributed by atoms with Crippen molar-refractivity contribution in [3.05, 3.63) is 96.5 Å². The van der Waals surface area contributed by atoms with Gasteiger partial charge in [0.1, 0.15) is 64.2 Å². The Hall–Kier alpha value is -5.40. The highest BCUT2D eigenvalue weighted by atomic mass is 32.1. The average Bonchev–Trinajstić information content (AvgIpc) is 4.19. The number of amides is 6. The first-order valence-electron chi connectivity index (χ1n) is 23.7. The fourth-order valence-electron chi connectivity index (χ4n) is 7.58. The molecule has 0 aliphatic carbocycles. The van der Waals surface area contributed by atoms with Gasteiger partial charge in [-0.15, -0.1) is 68.0 Å². The molecular weight excluding hydrogens is 1030 g/mol. The van der Waals surface area contributed by atoms with E-state index in [1.165, 1.54) is 68.0 Å². The monoisotopic (exact) mass is 1090 g/mol. The van der Waals surface area contributed by atoms with Crippen LogP contribution in [0.15, 0.2) is 32.3 Å². The van der Waals surface area contributed by atoms with Gasteiger partial charge in [-0.2, -0.15) is 0 Å². The number of carbonyl (C=O) groups excluding carboxylic acids is 6. The third-order valence-electron chi connectivity index (χ3n) is 11.8. The molecule has 6 atom stereocenters. The maximum absolute atomic E-state index is 13.8. The van der Waals surface area contributed by atoms with Gasteiger partial charge < -0.3 is 31.9 Å². The molecule has 12 bridgehead atoms. The molecule has 0 spiro atoms. The summed E-state index contributed by atoms with van der Waals surface area (Å²) in [4.78, 5) is 111. The summed E-state index contributed by atoms with van der Waals surface area (Å²) in [6, 6.07) is -3.31. The summed E-state index contributed by atoms with van der Waals surface area (Å²) in [6.45, 7) is 23.4. The molecule has 384 valence electrons. The van der Waals surface area contributed by atoms with Crippen LogP contribution in [0.4, 0.5) is 0 Å². The summed E-state index contributed by atoms with van der Waals surface area (Å²) in [5.74, 6) is -3.23. The minimum atomic E-state index is -0.551. The molecular formula is C48H60N12O6S6. The highest BCUT2D eigenvalue weighted by Crippen LogP contribution is 2.33. The van der Waals surface area contributed by atoms with Gasteiger partial charge in [-0.05, 0) is 35.5 Å². The molecule has 7 rings (SSSR count). The van der Waals surface area contributed by atoms with Crippen LogP contribution in [0.25, 0.3) is 0 Å². The number of carbonyl (C=O) groups is 6. The first kappa shape index (κ1) is 54.4. The predicted octanol–water partition coefficient (Wildman–Crippen LogP) is 9.50. The lowest BCUT2D eigenvalue weighted by molar-refractivity contribution is 0.0908. The molecule has 24 heteroatoms. The van der Waals surface area contributed by atoms with Gasteiger partial charge in [0.2, 0.25) is 0 Å². The first-order valence-corrected chi connectivity index (χ1v) is 28.9. The maximum Gasteiger partial charge on any atom is 0.271 e. The summed E-state index contributed by atoms with van der Waals surface area (Å²) in [6.07, 6.45) is 0. The van der Waals surface area contributed by atoms with E-state index in [9.17, 15) is 28.8 Å². The zero-order chi connectivity index (χ0) is 52.3. The first-order chi connectivity index (χ1) is 34.1. The molecule has 6 N–H and O–H groups in total. The zero-order valence-electron chi connectivity index (χ0n) is 42.0. The third kappa shape index (κ3) is 12.5. The fourth-order valence-corrected chi connectivity index (χ4v) is 13.7. The van der Waals surface area contributed by atoms with Gasteiger partial charge in [0.15, 0.2) is 0 Å². The molecule has 6 amide bonds. The molecule has 0 radical (unpaired) electrons. The van der Waals surface area contributed by atoms with Crippen molar-refractivity contribution in [3.63, 3.8) is 0 Å². The quantitative estimate of drug-likeness (QED) is 0.0912. The van der Waals surface area contributed by atoms with E-state index in [0.29, 0.717) is 30.0 Å². The Bertz CT molecular complexity index is 2410. The van der Waals surface area contributed by atoms with E-state index in [2.05, 4.69) is 61.8 Å². The Morgan fingerprint density at radius 1 is 0.278 bits per heavy atom. The number of hydrogen-bond acceptors (Lipinski definition) is 18. The molecule has 1 aliphatic heterocycles. The van der Waals surface area contributed by atoms with Gasteiger partial charge in [0.25, 0.3) is 35.4 Å². The van der Waals surface area contributed by atoms with Crippen LogP contribution >= 0.6 is 68.0 Å². The summed E-state index contributed by atoms with van der Waals surface area (Å²) in [5, 5.41) is 31.5. The topological polar surface area (TPSA) is 252 Å². The van der Waals surface area contributed by atoms with Gasteiger partial charge in [-0.1, -0.05) is 83.1 Å². The van der Waals surface area contributed by atoms with Crippen molar-refractivity contribution in [2.75, 3.05) is 0 Å². The lowest BCUT2D eigenvalue weighted by Gasteiger charge is -2.21. The molecule has 1 aliphatic rings. The number of rotatable bonds is 6. The van der Waals surface area contributed by atoms with Crippen molar-refractivity contribution in [2.45, 2.75) is 119 Å². The standard InChI is InChI=1S/C48H60N12O6S6/c1-19(2)31-43-49-26(13-67-43)38(62)56-33(21(5)6)45-51-28(15-69-45)40(64)58-35(23(9)10)47-53-30(17-71-47)42(66)60-36(24(11)12)48-54-29(18-72-48)41(65)59-34(22(7)8)46-52-27(16-70-46)39(63)57-32(20(3)4)44-50-25(14-68-44)37(61)55-31/h13-24,31-36H,1-12H3,(H,55,61)(H,56,62)(H,57,63)(H,58,64)(H,59,65)(H,60,66)/t31-,32-,33-,34-,35-,36-/m0/s1. The minimum Gasteiger partial charge on any atom is -0.341 e. The van der Waals surface area contributed by atoms with E-state index in [-0.39, 0.29) is 69.7 Å². The van der Waals surface area contributed by atoms with Crippen LogP contribution < -0.4 is 31.9 Å². The van der Waals surface area contributed by atoms with Crippen molar-refractivity contribution >= 4 is 103 Å². The van der Waals surface area contributed by atoms with E-state index in [0.717, 1.165) is 0 Å². The summed E-state index contributed by atoms with van der Waals surface area (Å²) < 4.78 is 0. The number of nitrogens with zero attached hydrogens (tertiary/aromatic N) is 6. The third-order valence-corrected chi connectivity index (χ3v) is 17.4. The molecule has 0 saturated carbocycles. The van der Waals surface area contributed by atoms with E-state index in [1.807, 2.05) is 83.1 Å². The van der Waals surface area contributed by atoms with E-state index >= 15 is 0 Å². The van der Waals surface area contributed by atoms with Crippen molar-refractivity contribution < 1.29 is 28.8 Å². The van der Waals surface area contributed by atoms with Crippen LogP contribution in [-0.4, -0.2) is 65.3 Å². The predicted molar refractivity (Wildman–Crippen MR) is 283 cm³/mol. The smallest absolute Gasteiger partial charge is 0.271 e. The zero-order valence-corrected chi connectivity index (χ0v) is 46.9. The molecule has 6 aromatic heterocycles. The summed E-state index contributed by atoms with van der Waals surface area (Å²) >= 11 is 7.55. The number of hydrogen-bond donors (Lipinski definition) is 6. The van der Waals surface area contributed by atoms with Crippen LogP contribution in [0, 0.1) is 35.5 Å². The maximum atomic E-state index is 13.8. The van der Waals surface area contributed by atoms with Gasteiger partial charge in [0, 0.05) is 32.3 Å². The van der Waals surface area contributed by atoms with Crippen molar-refractivity contribution in [1.82, 2.24) is 61.8 Å². The van der Waals surface area contributed by atoms with Gasteiger partial charge >= 0.3 is 0 Å². The molecule has 7 heterocycles. The van der Waals surface area contributed by atoms with Crippen molar-refractivity contribution in [2.24, 2.45) is 35.5 Å². The second-order valence-electron chi connectivity index (χ2n) is 19.6. The Labute approximate surface area is 442 Å². The molecule has 0 aromatic carbocycles. The largest absolute Gasteiger partial charge is 0.341 e. The van der Waals surface area contributed by atoms with Crippen LogP contribution in [-0.2, 0) is 0 Å². The number of fused-ring (bicyclic) bond motifs is 12. The van der Waals surface area contributed by atoms with E-state index in [1.54, 1.807) is 32.3 Å². The minimum absolute atomic E-state index is 0.109. The Kier molecular flexibility index (Phi) is 17.5. The van der Waals surface area contributed by atoms with Gasteiger partial charge in [0.05, 0.1) is 36.3 Å².